The fraction of sp³-hybridized carbons (Fsp3) is 0.400. The Labute approximate surface area is 169 Å². The maximum atomic E-state index is 10.8. The number of nitro benzene ring substituents is 1. The van der Waals surface area contributed by atoms with Crippen molar-refractivity contribution in [1.29, 1.82) is 5.26 Å². The number of piperazine rings is 1. The average Bonchev–Trinajstić information content (AvgIpc) is 2.70. The Bertz CT molecular complexity index is 999. The monoisotopic (exact) mass is 398 g/mol. The van der Waals surface area contributed by atoms with Crippen LogP contribution in [0, 0.1) is 46.9 Å². The molecule has 2 aromatic rings. The standard InChI is InChI=1S/C20H23N5O2S/c1-14-15(2)19(12-21)20(28)24(16(14)3)13-22-8-10-23(11-9-22)17-4-6-18(7-5-17)25(26)27/h4-7H,8-11,13H2,1-3H3/p+1. The average molecular weight is 399 g/mol. The van der Waals surface area contributed by atoms with E-state index in [1.165, 1.54) is 4.90 Å². The largest absolute Gasteiger partial charge is 0.360 e. The van der Waals surface area contributed by atoms with E-state index in [1.807, 2.05) is 26.0 Å². The minimum absolute atomic E-state index is 0.112. The molecule has 1 aliphatic rings. The summed E-state index contributed by atoms with van der Waals surface area (Å²) in [6.45, 7) is 10.4. The summed E-state index contributed by atoms with van der Waals surface area (Å²) < 4.78 is 2.71. The summed E-state index contributed by atoms with van der Waals surface area (Å²) >= 11 is 5.59. The fourth-order valence-corrected chi connectivity index (χ4v) is 4.08. The summed E-state index contributed by atoms with van der Waals surface area (Å²) in [5, 5.41) is 20.3. The number of anilines is 1. The van der Waals surface area contributed by atoms with Crippen LogP contribution in [0.25, 0.3) is 0 Å². The highest BCUT2D eigenvalue weighted by Crippen LogP contribution is 2.20. The molecule has 8 heteroatoms. The highest BCUT2D eigenvalue weighted by atomic mass is 32.1. The zero-order valence-electron chi connectivity index (χ0n) is 16.4. The molecule has 0 aliphatic carbocycles. The Morgan fingerprint density at radius 1 is 1.18 bits per heavy atom. The van der Waals surface area contributed by atoms with Crippen molar-refractivity contribution in [1.82, 2.24) is 4.57 Å². The number of pyridine rings is 1. The van der Waals surface area contributed by atoms with E-state index in [0.29, 0.717) is 10.2 Å². The van der Waals surface area contributed by atoms with Crippen molar-refractivity contribution < 1.29 is 9.82 Å². The molecule has 1 N–H and O–H groups in total. The van der Waals surface area contributed by atoms with E-state index in [2.05, 4.69) is 22.5 Å². The predicted octanol–water partition coefficient (Wildman–Crippen LogP) is 2.29. The minimum atomic E-state index is -0.378. The van der Waals surface area contributed by atoms with E-state index in [4.69, 9.17) is 12.2 Å². The molecule has 0 bridgehead atoms. The van der Waals surface area contributed by atoms with Crippen LogP contribution >= 0.6 is 12.2 Å². The number of quaternary nitrogens is 1. The molecular formula is C20H24N5O2S+. The van der Waals surface area contributed by atoms with Crippen LogP contribution in [0.2, 0.25) is 0 Å². The summed E-state index contributed by atoms with van der Waals surface area (Å²) in [5.41, 5.74) is 4.93. The minimum Gasteiger partial charge on any atom is -0.360 e. The maximum Gasteiger partial charge on any atom is 0.269 e. The van der Waals surface area contributed by atoms with Gasteiger partial charge in [-0.1, -0.05) is 12.2 Å². The molecule has 0 atom stereocenters. The van der Waals surface area contributed by atoms with Gasteiger partial charge in [0.05, 0.1) is 36.7 Å². The number of nitrogens with one attached hydrogen (secondary N) is 1. The van der Waals surface area contributed by atoms with Crippen molar-refractivity contribution in [3.8, 4) is 6.07 Å². The van der Waals surface area contributed by atoms with Gasteiger partial charge in [-0.25, -0.2) is 0 Å². The van der Waals surface area contributed by atoms with Crippen LogP contribution in [0.4, 0.5) is 11.4 Å². The highest BCUT2D eigenvalue weighted by molar-refractivity contribution is 7.71. The summed E-state index contributed by atoms with van der Waals surface area (Å²) in [5.74, 6) is 0. The first-order valence-electron chi connectivity index (χ1n) is 9.27. The molecule has 2 heterocycles. The van der Waals surface area contributed by atoms with Gasteiger partial charge in [-0.2, -0.15) is 5.26 Å². The molecule has 0 unspecified atom stereocenters. The van der Waals surface area contributed by atoms with Gasteiger partial charge < -0.3 is 9.80 Å². The molecule has 0 saturated carbocycles. The molecule has 1 aromatic heterocycles. The zero-order valence-corrected chi connectivity index (χ0v) is 17.2. The summed E-state index contributed by atoms with van der Waals surface area (Å²) in [6.07, 6.45) is 0. The Morgan fingerprint density at radius 3 is 2.32 bits per heavy atom. The van der Waals surface area contributed by atoms with E-state index >= 15 is 0 Å². The number of nitriles is 1. The molecular weight excluding hydrogens is 374 g/mol. The summed E-state index contributed by atoms with van der Waals surface area (Å²) in [4.78, 5) is 14.1. The smallest absolute Gasteiger partial charge is 0.269 e. The SMILES string of the molecule is Cc1c(C)c(C)n(C[NH+]2CCN(c3ccc([N+](=O)[O-])cc3)CC2)c(=S)c1C#N. The van der Waals surface area contributed by atoms with E-state index in [1.54, 1.807) is 12.1 Å². The lowest BCUT2D eigenvalue weighted by atomic mass is 10.0. The van der Waals surface area contributed by atoms with Gasteiger partial charge in [-0.05, 0) is 44.0 Å². The number of hydrogen-bond donors (Lipinski definition) is 1. The van der Waals surface area contributed by atoms with Crippen LogP contribution in [0.1, 0.15) is 22.4 Å². The molecule has 1 aliphatic heterocycles. The van der Waals surface area contributed by atoms with Gasteiger partial charge in [0.2, 0.25) is 0 Å². The summed E-state index contributed by atoms with van der Waals surface area (Å²) in [7, 11) is 0. The fourth-order valence-electron chi connectivity index (χ4n) is 3.68. The predicted molar refractivity (Wildman–Crippen MR) is 110 cm³/mol. The lowest BCUT2D eigenvalue weighted by Gasteiger charge is -2.34. The number of aromatic nitrogens is 1. The zero-order chi connectivity index (χ0) is 20.4. The number of nitro groups is 1. The van der Waals surface area contributed by atoms with E-state index in [9.17, 15) is 15.4 Å². The second-order valence-electron chi connectivity index (χ2n) is 7.22. The molecule has 0 amide bonds. The van der Waals surface area contributed by atoms with E-state index in [-0.39, 0.29) is 10.6 Å². The van der Waals surface area contributed by atoms with Crippen LogP contribution in [0.15, 0.2) is 24.3 Å². The Morgan fingerprint density at radius 2 is 1.79 bits per heavy atom. The second-order valence-corrected chi connectivity index (χ2v) is 7.61. The van der Waals surface area contributed by atoms with Gasteiger partial charge in [-0.15, -0.1) is 0 Å². The lowest BCUT2D eigenvalue weighted by molar-refractivity contribution is -0.923. The van der Waals surface area contributed by atoms with Crippen LogP contribution in [0.3, 0.4) is 0 Å². The molecule has 0 spiro atoms. The number of benzene rings is 1. The second kappa shape index (κ2) is 8.09. The van der Waals surface area contributed by atoms with Crippen molar-refractivity contribution in [2.45, 2.75) is 27.4 Å². The lowest BCUT2D eigenvalue weighted by Crippen LogP contribution is -3.14. The van der Waals surface area contributed by atoms with Gasteiger partial charge in [0.15, 0.2) is 6.67 Å². The number of rotatable bonds is 4. The Balaban J connectivity index is 1.71. The van der Waals surface area contributed by atoms with Gasteiger partial charge in [0.25, 0.3) is 5.69 Å². The van der Waals surface area contributed by atoms with Gasteiger partial charge >= 0.3 is 0 Å². The first-order valence-corrected chi connectivity index (χ1v) is 9.68. The molecule has 3 rings (SSSR count). The van der Waals surface area contributed by atoms with E-state index < -0.39 is 0 Å². The Hall–Kier alpha value is -2.76. The Kier molecular flexibility index (Phi) is 5.77. The number of hydrogen-bond acceptors (Lipinski definition) is 5. The number of nitrogens with zero attached hydrogens (tertiary/aromatic N) is 4. The van der Waals surface area contributed by atoms with Crippen molar-refractivity contribution in [2.75, 3.05) is 31.1 Å². The van der Waals surface area contributed by atoms with Crippen molar-refractivity contribution in [3.63, 3.8) is 0 Å². The molecule has 1 aromatic carbocycles. The first kappa shape index (κ1) is 20.0. The molecule has 0 radical (unpaired) electrons. The van der Waals surface area contributed by atoms with Gasteiger partial charge in [0, 0.05) is 23.5 Å². The highest BCUT2D eigenvalue weighted by Gasteiger charge is 2.22. The molecule has 1 fully saturated rings. The maximum absolute atomic E-state index is 10.8. The van der Waals surface area contributed by atoms with Gasteiger partial charge in [-0.3, -0.25) is 14.7 Å². The number of non-ortho nitro benzene ring substituents is 1. The van der Waals surface area contributed by atoms with Crippen molar-refractivity contribution in [3.05, 3.63) is 61.4 Å². The van der Waals surface area contributed by atoms with Crippen LogP contribution in [-0.2, 0) is 6.67 Å². The van der Waals surface area contributed by atoms with Crippen LogP contribution in [-0.4, -0.2) is 35.7 Å². The van der Waals surface area contributed by atoms with Crippen molar-refractivity contribution >= 4 is 23.6 Å². The summed E-state index contributed by atoms with van der Waals surface area (Å²) in [6, 6.07) is 8.99. The first-order chi connectivity index (χ1) is 13.3. The third-order valence-electron chi connectivity index (χ3n) is 5.73. The molecule has 7 nitrogen and oxygen atoms in total. The normalized spacial score (nSPS) is 14.7. The van der Waals surface area contributed by atoms with Crippen LogP contribution < -0.4 is 9.80 Å². The molecule has 28 heavy (non-hydrogen) atoms. The quantitative estimate of drug-likeness (QED) is 0.486. The molecule has 1 saturated heterocycles. The third-order valence-corrected chi connectivity index (χ3v) is 6.16. The third kappa shape index (κ3) is 3.77. The van der Waals surface area contributed by atoms with Gasteiger partial charge in [0.1, 0.15) is 10.7 Å². The van der Waals surface area contributed by atoms with Crippen molar-refractivity contribution in [2.24, 2.45) is 0 Å². The topological polar surface area (TPSA) is 79.5 Å². The van der Waals surface area contributed by atoms with E-state index in [0.717, 1.165) is 55.4 Å². The van der Waals surface area contributed by atoms with Crippen LogP contribution in [0.5, 0.6) is 0 Å². The molecule has 146 valence electrons.